The summed E-state index contributed by atoms with van der Waals surface area (Å²) in [5, 5.41) is 0.529. The Balaban J connectivity index is 1.54. The number of hydrogen-bond acceptors (Lipinski definition) is 9. The van der Waals surface area contributed by atoms with E-state index in [0.29, 0.717) is 24.8 Å². The fraction of sp³-hybridized carbons (Fsp3) is 0.333. The maximum absolute atomic E-state index is 6.21. The molecule has 0 saturated heterocycles. The number of nitrogen functional groups attached to an aromatic ring is 1. The van der Waals surface area contributed by atoms with Crippen LogP contribution in [-0.2, 0) is 13.1 Å². The van der Waals surface area contributed by atoms with Gasteiger partial charge in [-0.25, -0.2) is 19.9 Å². The first-order chi connectivity index (χ1) is 16.3. The summed E-state index contributed by atoms with van der Waals surface area (Å²) in [7, 11) is 4.04. The third-order valence-corrected chi connectivity index (χ3v) is 7.46. The fourth-order valence-electron chi connectivity index (χ4n) is 4.22. The number of aryl methyl sites for hydroxylation is 2. The highest BCUT2D eigenvalue weighted by atomic mass is 79.9. The number of anilines is 2. The molecule has 8 nitrogen and oxygen atoms in total. The molecule has 10 heteroatoms. The molecule has 1 aromatic carbocycles. The summed E-state index contributed by atoms with van der Waals surface area (Å²) < 4.78 is 7.13. The second kappa shape index (κ2) is 9.09. The second-order valence-electron chi connectivity index (χ2n) is 8.75. The van der Waals surface area contributed by atoms with E-state index in [4.69, 9.17) is 15.5 Å². The molecule has 5 rings (SSSR count). The number of thiazole rings is 1. The number of hydrogen-bond donors (Lipinski definition) is 1. The predicted molar refractivity (Wildman–Crippen MR) is 140 cm³/mol. The average molecular weight is 540 g/mol. The van der Waals surface area contributed by atoms with Crippen molar-refractivity contribution in [2.75, 3.05) is 37.9 Å². The molecule has 0 fully saturated rings. The van der Waals surface area contributed by atoms with Crippen molar-refractivity contribution in [2.24, 2.45) is 0 Å². The van der Waals surface area contributed by atoms with E-state index < -0.39 is 0 Å². The van der Waals surface area contributed by atoms with Gasteiger partial charge in [0.2, 0.25) is 0 Å². The lowest BCUT2D eigenvalue weighted by atomic mass is 10.00. The number of ether oxygens (including phenoxy) is 1. The standard InChI is InChI=1S/C24H26BrN7OS/c1-13-7-15(16-9-18-23(27-10-16)34-24(26)29-18)8-17-11-32(5-6-33-21(13)17)22-20(25)14(2)28-19(30-22)12-31(3)4/h7-10H,5-6,11-12H2,1-4H3,(H2,26,29). The van der Waals surface area contributed by atoms with Gasteiger partial charge in [0.15, 0.2) is 5.13 Å². The molecule has 34 heavy (non-hydrogen) atoms. The van der Waals surface area contributed by atoms with Gasteiger partial charge in [0, 0.05) is 23.9 Å². The molecule has 0 unspecified atom stereocenters. The van der Waals surface area contributed by atoms with Gasteiger partial charge in [0.25, 0.3) is 0 Å². The van der Waals surface area contributed by atoms with E-state index in [-0.39, 0.29) is 0 Å². The molecule has 2 N–H and O–H groups in total. The minimum Gasteiger partial charge on any atom is -0.491 e. The highest BCUT2D eigenvalue weighted by molar-refractivity contribution is 9.10. The van der Waals surface area contributed by atoms with E-state index in [1.807, 2.05) is 33.3 Å². The molecule has 0 radical (unpaired) electrons. The van der Waals surface area contributed by atoms with E-state index in [1.165, 1.54) is 11.3 Å². The van der Waals surface area contributed by atoms with Crippen LogP contribution in [0.15, 0.2) is 28.9 Å². The van der Waals surface area contributed by atoms with Crippen LogP contribution in [0.1, 0.15) is 22.6 Å². The second-order valence-corrected chi connectivity index (χ2v) is 10.6. The summed E-state index contributed by atoms with van der Waals surface area (Å²) in [4.78, 5) is 23.7. The van der Waals surface area contributed by atoms with Crippen molar-refractivity contribution >= 4 is 48.6 Å². The predicted octanol–water partition coefficient (Wildman–Crippen LogP) is 4.57. The minimum atomic E-state index is 0.529. The van der Waals surface area contributed by atoms with Crippen molar-refractivity contribution in [2.45, 2.75) is 26.9 Å². The molecule has 1 aliphatic heterocycles. The monoisotopic (exact) mass is 539 g/mol. The van der Waals surface area contributed by atoms with Crippen LogP contribution in [0.5, 0.6) is 5.75 Å². The Labute approximate surface area is 211 Å². The minimum absolute atomic E-state index is 0.529. The molecule has 0 aliphatic carbocycles. The van der Waals surface area contributed by atoms with Crippen molar-refractivity contribution in [3.05, 3.63) is 51.5 Å². The van der Waals surface area contributed by atoms with E-state index in [9.17, 15) is 0 Å². The Kier molecular flexibility index (Phi) is 6.13. The SMILES string of the molecule is Cc1cc(-c2cnc3sc(N)nc3c2)cc2c1OCCN(c1nc(CN(C)C)nc(C)c1Br)C2. The Morgan fingerprint density at radius 3 is 2.76 bits per heavy atom. The zero-order chi connectivity index (χ0) is 24.0. The lowest BCUT2D eigenvalue weighted by Gasteiger charge is -2.24. The maximum atomic E-state index is 6.21. The molecular weight excluding hydrogens is 514 g/mol. The number of nitrogens with two attached hydrogens (primary N) is 1. The zero-order valence-corrected chi connectivity index (χ0v) is 22.0. The number of fused-ring (bicyclic) bond motifs is 2. The lowest BCUT2D eigenvalue weighted by molar-refractivity contribution is 0.329. The Morgan fingerprint density at radius 2 is 1.97 bits per heavy atom. The summed E-state index contributed by atoms with van der Waals surface area (Å²) in [6.07, 6.45) is 1.88. The molecule has 4 aromatic rings. The van der Waals surface area contributed by atoms with Crippen LogP contribution < -0.4 is 15.4 Å². The van der Waals surface area contributed by atoms with Crippen molar-refractivity contribution in [3.63, 3.8) is 0 Å². The van der Waals surface area contributed by atoms with Gasteiger partial charge in [-0.1, -0.05) is 11.3 Å². The number of aromatic nitrogens is 4. The van der Waals surface area contributed by atoms with Crippen LogP contribution in [0.25, 0.3) is 21.5 Å². The van der Waals surface area contributed by atoms with E-state index >= 15 is 0 Å². The zero-order valence-electron chi connectivity index (χ0n) is 19.6. The number of halogens is 1. The van der Waals surface area contributed by atoms with Gasteiger partial charge in [-0.05, 0) is 73.2 Å². The Morgan fingerprint density at radius 1 is 1.15 bits per heavy atom. The summed E-state index contributed by atoms with van der Waals surface area (Å²) in [5.41, 5.74) is 11.9. The summed E-state index contributed by atoms with van der Waals surface area (Å²) >= 11 is 5.13. The largest absolute Gasteiger partial charge is 0.491 e. The molecule has 0 atom stereocenters. The van der Waals surface area contributed by atoms with Gasteiger partial charge in [0.1, 0.15) is 34.3 Å². The van der Waals surface area contributed by atoms with Gasteiger partial charge in [-0.2, -0.15) is 0 Å². The van der Waals surface area contributed by atoms with Crippen LogP contribution in [0.4, 0.5) is 10.9 Å². The summed E-state index contributed by atoms with van der Waals surface area (Å²) in [6.45, 7) is 6.77. The molecular formula is C24H26BrN7OS. The van der Waals surface area contributed by atoms with E-state index in [0.717, 1.165) is 66.7 Å². The third kappa shape index (κ3) is 4.45. The van der Waals surface area contributed by atoms with E-state index in [1.54, 1.807) is 0 Å². The fourth-order valence-corrected chi connectivity index (χ4v) is 5.31. The molecule has 4 heterocycles. The Bertz CT molecular complexity index is 1390. The van der Waals surface area contributed by atoms with Gasteiger partial charge in [0.05, 0.1) is 23.3 Å². The Hall–Kier alpha value is -2.82. The highest BCUT2D eigenvalue weighted by Gasteiger charge is 2.23. The van der Waals surface area contributed by atoms with Crippen LogP contribution in [0.3, 0.4) is 0 Å². The number of benzene rings is 1. The van der Waals surface area contributed by atoms with E-state index in [2.05, 4.69) is 59.7 Å². The lowest BCUT2D eigenvalue weighted by Crippen LogP contribution is -2.28. The van der Waals surface area contributed by atoms with Crippen LogP contribution in [0, 0.1) is 13.8 Å². The maximum Gasteiger partial charge on any atom is 0.182 e. The highest BCUT2D eigenvalue weighted by Crippen LogP contribution is 2.36. The molecule has 0 spiro atoms. The van der Waals surface area contributed by atoms with Crippen molar-refractivity contribution < 1.29 is 4.74 Å². The first kappa shape index (κ1) is 22.9. The summed E-state index contributed by atoms with van der Waals surface area (Å²) in [6, 6.07) is 6.37. The number of rotatable bonds is 4. The third-order valence-electron chi connectivity index (χ3n) is 5.72. The topological polar surface area (TPSA) is 93.3 Å². The molecule has 0 saturated carbocycles. The average Bonchev–Trinajstić information content (AvgIpc) is 3.01. The van der Waals surface area contributed by atoms with Gasteiger partial charge in [-0.15, -0.1) is 0 Å². The molecule has 0 bridgehead atoms. The van der Waals surface area contributed by atoms with Crippen LogP contribution in [0.2, 0.25) is 0 Å². The molecule has 176 valence electrons. The van der Waals surface area contributed by atoms with Gasteiger partial charge in [-0.3, -0.25) is 0 Å². The molecule has 0 amide bonds. The first-order valence-corrected chi connectivity index (χ1v) is 12.6. The quantitative estimate of drug-likeness (QED) is 0.403. The number of pyridine rings is 1. The number of nitrogens with zero attached hydrogens (tertiary/aromatic N) is 6. The molecule has 3 aromatic heterocycles. The normalized spacial score (nSPS) is 13.8. The van der Waals surface area contributed by atoms with Gasteiger partial charge >= 0.3 is 0 Å². The van der Waals surface area contributed by atoms with Crippen LogP contribution >= 0.6 is 27.3 Å². The van der Waals surface area contributed by atoms with Crippen molar-refractivity contribution in [3.8, 4) is 16.9 Å². The van der Waals surface area contributed by atoms with Crippen LogP contribution in [-0.4, -0.2) is 52.1 Å². The summed E-state index contributed by atoms with van der Waals surface area (Å²) in [5.74, 6) is 2.64. The van der Waals surface area contributed by atoms with Gasteiger partial charge < -0.3 is 20.3 Å². The first-order valence-electron chi connectivity index (χ1n) is 11.0. The smallest absolute Gasteiger partial charge is 0.182 e. The van der Waals surface area contributed by atoms with Crippen molar-refractivity contribution in [1.82, 2.24) is 24.8 Å². The van der Waals surface area contributed by atoms with Crippen molar-refractivity contribution in [1.29, 1.82) is 0 Å². The molecule has 1 aliphatic rings.